The van der Waals surface area contributed by atoms with Crippen molar-refractivity contribution in [1.82, 2.24) is 19.7 Å². The van der Waals surface area contributed by atoms with Crippen molar-refractivity contribution in [3.63, 3.8) is 0 Å². The maximum atomic E-state index is 12.5. The largest absolute Gasteiger partial charge is 0.326 e. The molecule has 0 atom stereocenters. The Balaban J connectivity index is 1.33. The molecular weight excluding hydrogens is 512 g/mol. The maximum absolute atomic E-state index is 12.5. The third-order valence-electron chi connectivity index (χ3n) is 4.82. The number of sulfonamides is 1. The van der Waals surface area contributed by atoms with E-state index >= 15 is 0 Å². The van der Waals surface area contributed by atoms with Gasteiger partial charge in [0.05, 0.1) is 15.8 Å². The van der Waals surface area contributed by atoms with Gasteiger partial charge in [-0.2, -0.15) is 0 Å². The number of hydrogen-bond acceptors (Lipinski definition) is 8. The zero-order valence-electron chi connectivity index (χ0n) is 18.3. The minimum Gasteiger partial charge on any atom is -0.326 e. The van der Waals surface area contributed by atoms with Crippen LogP contribution >= 0.6 is 23.4 Å². The number of fused-ring (bicyclic) bond motifs is 1. The smallest absolute Gasteiger partial charge is 0.263 e. The standard InChI is InChI=1S/C22H19ClN6O4S2/c1-29-21(31)16-4-2-3-5-17(16)25-22(29)34-13-12-20(30)24-14-6-8-15(9-7-14)35(32,33)28-19-11-10-18(23)26-27-19/h2-11H,12-13H2,1H3,(H,24,30)(H,27,28). The number of halogens is 1. The molecule has 10 nitrogen and oxygen atoms in total. The number of anilines is 2. The van der Waals surface area contributed by atoms with Gasteiger partial charge in [-0.1, -0.05) is 35.5 Å². The fourth-order valence-electron chi connectivity index (χ4n) is 3.07. The first-order chi connectivity index (χ1) is 16.7. The Bertz CT molecular complexity index is 1540. The Morgan fingerprint density at radius 3 is 2.51 bits per heavy atom. The van der Waals surface area contributed by atoms with Gasteiger partial charge < -0.3 is 5.32 Å². The number of nitrogens with zero attached hydrogens (tertiary/aromatic N) is 4. The first kappa shape index (κ1) is 24.6. The predicted octanol–water partition coefficient (Wildman–Crippen LogP) is 3.30. The van der Waals surface area contributed by atoms with Gasteiger partial charge in [-0.05, 0) is 48.5 Å². The fraction of sp³-hybridized carbons (Fsp3) is 0.136. The molecule has 0 aliphatic heterocycles. The summed E-state index contributed by atoms with van der Waals surface area (Å²) in [6.45, 7) is 0. The number of amides is 1. The molecule has 0 aliphatic rings. The van der Waals surface area contributed by atoms with Gasteiger partial charge >= 0.3 is 0 Å². The molecule has 13 heteroatoms. The summed E-state index contributed by atoms with van der Waals surface area (Å²) >= 11 is 6.96. The lowest BCUT2D eigenvalue weighted by Crippen LogP contribution is -2.20. The quantitative estimate of drug-likeness (QED) is 0.261. The second-order valence-electron chi connectivity index (χ2n) is 7.29. The number of nitrogens with one attached hydrogen (secondary N) is 2. The highest BCUT2D eigenvalue weighted by molar-refractivity contribution is 7.99. The highest BCUT2D eigenvalue weighted by Crippen LogP contribution is 2.20. The van der Waals surface area contributed by atoms with Gasteiger partial charge in [0.25, 0.3) is 15.6 Å². The van der Waals surface area contributed by atoms with Crippen molar-refractivity contribution in [2.75, 3.05) is 15.8 Å². The van der Waals surface area contributed by atoms with E-state index in [0.717, 1.165) is 0 Å². The van der Waals surface area contributed by atoms with E-state index in [9.17, 15) is 18.0 Å². The number of aromatic nitrogens is 4. The van der Waals surface area contributed by atoms with Gasteiger partial charge in [0.15, 0.2) is 16.1 Å². The lowest BCUT2D eigenvalue weighted by atomic mass is 10.2. The number of thioether (sulfide) groups is 1. The molecule has 2 N–H and O–H groups in total. The monoisotopic (exact) mass is 530 g/mol. The van der Waals surface area contributed by atoms with Crippen LogP contribution in [0.2, 0.25) is 5.15 Å². The van der Waals surface area contributed by atoms with Crippen LogP contribution in [0, 0.1) is 0 Å². The van der Waals surface area contributed by atoms with Crippen molar-refractivity contribution in [2.24, 2.45) is 7.05 Å². The summed E-state index contributed by atoms with van der Waals surface area (Å²) in [6.07, 6.45) is 0.171. The Labute approximate surface area is 209 Å². The van der Waals surface area contributed by atoms with Gasteiger partial charge in [-0.15, -0.1) is 10.2 Å². The summed E-state index contributed by atoms with van der Waals surface area (Å²) in [7, 11) is -2.24. The third-order valence-corrected chi connectivity index (χ3v) is 7.43. The summed E-state index contributed by atoms with van der Waals surface area (Å²) in [5, 5.41) is 11.2. The number of para-hydroxylation sites is 1. The minimum absolute atomic E-state index is 0.00824. The van der Waals surface area contributed by atoms with E-state index < -0.39 is 10.0 Å². The molecule has 4 rings (SSSR count). The summed E-state index contributed by atoms with van der Waals surface area (Å²) < 4.78 is 28.8. The minimum atomic E-state index is -3.89. The molecule has 0 bridgehead atoms. The molecule has 2 heterocycles. The average molecular weight is 531 g/mol. The van der Waals surface area contributed by atoms with E-state index in [0.29, 0.717) is 27.5 Å². The topological polar surface area (TPSA) is 136 Å². The van der Waals surface area contributed by atoms with Crippen molar-refractivity contribution in [1.29, 1.82) is 0 Å². The molecule has 0 radical (unpaired) electrons. The maximum Gasteiger partial charge on any atom is 0.263 e. The van der Waals surface area contributed by atoms with E-state index in [1.807, 2.05) is 6.07 Å². The van der Waals surface area contributed by atoms with Gasteiger partial charge in [0.1, 0.15) is 0 Å². The number of rotatable bonds is 8. The molecule has 0 saturated carbocycles. The molecule has 0 fully saturated rings. The summed E-state index contributed by atoms with van der Waals surface area (Å²) in [4.78, 5) is 29.3. The van der Waals surface area contributed by atoms with Crippen LogP contribution in [-0.4, -0.2) is 39.8 Å². The molecule has 180 valence electrons. The average Bonchev–Trinajstić information content (AvgIpc) is 2.84. The third kappa shape index (κ3) is 5.96. The van der Waals surface area contributed by atoms with Crippen LogP contribution in [0.25, 0.3) is 10.9 Å². The lowest BCUT2D eigenvalue weighted by Gasteiger charge is -2.10. The van der Waals surface area contributed by atoms with Crippen molar-refractivity contribution < 1.29 is 13.2 Å². The lowest BCUT2D eigenvalue weighted by molar-refractivity contribution is -0.115. The first-order valence-electron chi connectivity index (χ1n) is 10.2. The van der Waals surface area contributed by atoms with Crippen LogP contribution in [0.5, 0.6) is 0 Å². The van der Waals surface area contributed by atoms with Gasteiger partial charge in [-0.25, -0.2) is 13.4 Å². The molecule has 35 heavy (non-hydrogen) atoms. The number of carbonyl (C=O) groups excluding carboxylic acids is 1. The Morgan fingerprint density at radius 2 is 1.80 bits per heavy atom. The molecule has 1 amide bonds. The molecular formula is C22H19ClN6O4S2. The second-order valence-corrected chi connectivity index (χ2v) is 10.4. The van der Waals surface area contributed by atoms with Gasteiger partial charge in [-0.3, -0.25) is 18.9 Å². The van der Waals surface area contributed by atoms with E-state index in [4.69, 9.17) is 11.6 Å². The van der Waals surface area contributed by atoms with Crippen LogP contribution in [0.4, 0.5) is 11.5 Å². The molecule has 0 spiro atoms. The van der Waals surface area contributed by atoms with Crippen LogP contribution < -0.4 is 15.6 Å². The van der Waals surface area contributed by atoms with Crippen LogP contribution in [0.15, 0.2) is 75.5 Å². The summed E-state index contributed by atoms with van der Waals surface area (Å²) in [5.41, 5.74) is 0.909. The molecule has 2 aromatic carbocycles. The van der Waals surface area contributed by atoms with Crippen molar-refractivity contribution in [3.8, 4) is 0 Å². The van der Waals surface area contributed by atoms with Gasteiger partial charge in [0.2, 0.25) is 5.91 Å². The molecule has 0 unspecified atom stereocenters. The molecule has 0 saturated heterocycles. The number of carbonyl (C=O) groups is 1. The van der Waals surface area contributed by atoms with Gasteiger partial charge in [0, 0.05) is 24.9 Å². The van der Waals surface area contributed by atoms with Crippen molar-refractivity contribution in [2.45, 2.75) is 16.5 Å². The fourth-order valence-corrected chi connectivity index (χ4v) is 5.08. The van der Waals surface area contributed by atoms with Crippen LogP contribution in [-0.2, 0) is 21.9 Å². The first-order valence-corrected chi connectivity index (χ1v) is 13.1. The molecule has 2 aromatic heterocycles. The predicted molar refractivity (Wildman–Crippen MR) is 135 cm³/mol. The number of benzene rings is 2. The Kier molecular flexibility index (Phi) is 7.34. The SMILES string of the molecule is Cn1c(SCCC(=O)Nc2ccc(S(=O)(=O)Nc3ccc(Cl)nn3)cc2)nc2ccccc2c1=O. The van der Waals surface area contributed by atoms with E-state index in [-0.39, 0.29) is 33.8 Å². The van der Waals surface area contributed by atoms with Crippen molar-refractivity contribution >= 4 is 61.7 Å². The van der Waals surface area contributed by atoms with E-state index in [1.54, 1.807) is 25.2 Å². The number of hydrogen-bond donors (Lipinski definition) is 2. The van der Waals surface area contributed by atoms with Crippen LogP contribution in [0.3, 0.4) is 0 Å². The Morgan fingerprint density at radius 1 is 1.06 bits per heavy atom. The van der Waals surface area contributed by atoms with E-state index in [1.165, 1.54) is 52.7 Å². The normalized spacial score (nSPS) is 11.4. The summed E-state index contributed by atoms with van der Waals surface area (Å²) in [6, 6.07) is 15.6. The highest BCUT2D eigenvalue weighted by atomic mass is 35.5. The molecule has 4 aromatic rings. The zero-order valence-corrected chi connectivity index (χ0v) is 20.7. The zero-order chi connectivity index (χ0) is 25.0. The summed E-state index contributed by atoms with van der Waals surface area (Å²) in [5.74, 6) is 0.180. The van der Waals surface area contributed by atoms with E-state index in [2.05, 4.69) is 25.2 Å². The van der Waals surface area contributed by atoms with Crippen molar-refractivity contribution in [3.05, 3.63) is 76.2 Å². The van der Waals surface area contributed by atoms with Crippen LogP contribution in [0.1, 0.15) is 6.42 Å². The molecule has 0 aliphatic carbocycles. The Hall–Kier alpha value is -3.48. The second kappa shape index (κ2) is 10.4. The highest BCUT2D eigenvalue weighted by Gasteiger charge is 2.16.